The van der Waals surface area contributed by atoms with Gasteiger partial charge in [0.1, 0.15) is 0 Å². The number of likely N-dealkylation sites (tertiary alicyclic amines) is 2. The molecule has 10 heteroatoms. The summed E-state index contributed by atoms with van der Waals surface area (Å²) in [5.41, 5.74) is 1.28. The molecule has 2 N–H and O–H groups in total. The SMILES string of the molecule is O=C(Nc1ccccc1Br)[C@@H]1CCCC[N+]1([O-])CCC[N+]1([O-])CCCC[C@H]1C(=O)Nc1ccccc1Br. The average Bonchev–Trinajstić information content (AvgIpc) is 2.87. The molecule has 4 rings (SSSR count). The van der Waals surface area contributed by atoms with Crippen molar-refractivity contribution in [3.63, 3.8) is 0 Å². The van der Waals surface area contributed by atoms with Crippen LogP contribution in [-0.4, -0.2) is 59.4 Å². The van der Waals surface area contributed by atoms with E-state index in [9.17, 15) is 20.0 Å². The lowest BCUT2D eigenvalue weighted by Gasteiger charge is -2.53. The number of hydrogen-bond donors (Lipinski definition) is 2. The Morgan fingerprint density at radius 2 is 1.14 bits per heavy atom. The van der Waals surface area contributed by atoms with E-state index >= 15 is 0 Å². The minimum atomic E-state index is -0.711. The monoisotopic (exact) mass is 636 g/mol. The van der Waals surface area contributed by atoms with Gasteiger partial charge < -0.3 is 30.3 Å². The van der Waals surface area contributed by atoms with Crippen molar-refractivity contribution in [3.05, 3.63) is 67.9 Å². The van der Waals surface area contributed by atoms with Crippen LogP contribution in [0.5, 0.6) is 0 Å². The number of benzene rings is 2. The third kappa shape index (κ3) is 6.79. The number of anilines is 2. The molecule has 0 aliphatic carbocycles. The molecule has 0 spiro atoms. The Kier molecular flexibility index (Phi) is 9.42. The maximum Gasteiger partial charge on any atom is 0.283 e. The highest BCUT2D eigenvalue weighted by molar-refractivity contribution is 9.11. The summed E-state index contributed by atoms with van der Waals surface area (Å²) in [5, 5.41) is 33.6. The fraction of sp³-hybridized carbons (Fsp3) is 0.481. The van der Waals surface area contributed by atoms with Crippen molar-refractivity contribution in [1.29, 1.82) is 0 Å². The lowest BCUT2D eigenvalue weighted by Crippen LogP contribution is -2.61. The van der Waals surface area contributed by atoms with Gasteiger partial charge in [-0.05, 0) is 81.8 Å². The molecule has 0 bridgehead atoms. The summed E-state index contributed by atoms with van der Waals surface area (Å²) >= 11 is 6.88. The zero-order valence-electron chi connectivity index (χ0n) is 20.8. The van der Waals surface area contributed by atoms with Gasteiger partial charge in [0.05, 0.1) is 37.6 Å². The molecule has 37 heavy (non-hydrogen) atoms. The molecule has 0 saturated carbocycles. The molecule has 0 aromatic heterocycles. The number of nitrogens with one attached hydrogen (secondary N) is 2. The van der Waals surface area contributed by atoms with Crippen LogP contribution < -0.4 is 10.6 Å². The first-order valence-electron chi connectivity index (χ1n) is 13.0. The highest BCUT2D eigenvalue weighted by atomic mass is 79.9. The highest BCUT2D eigenvalue weighted by Gasteiger charge is 2.41. The molecule has 2 heterocycles. The molecule has 200 valence electrons. The Morgan fingerprint density at radius 1 is 0.730 bits per heavy atom. The summed E-state index contributed by atoms with van der Waals surface area (Å²) in [6.45, 7) is 1.10. The quantitative estimate of drug-likeness (QED) is 0.277. The Morgan fingerprint density at radius 3 is 1.54 bits per heavy atom. The second-order valence-electron chi connectivity index (χ2n) is 10.1. The van der Waals surface area contributed by atoms with Crippen LogP contribution in [0.2, 0.25) is 0 Å². The van der Waals surface area contributed by atoms with Crippen LogP contribution in [0, 0.1) is 10.4 Å². The van der Waals surface area contributed by atoms with Crippen LogP contribution in [0.1, 0.15) is 44.9 Å². The molecule has 2 aromatic rings. The first-order valence-corrected chi connectivity index (χ1v) is 14.6. The van der Waals surface area contributed by atoms with Crippen molar-refractivity contribution in [3.8, 4) is 0 Å². The number of amides is 2. The van der Waals surface area contributed by atoms with Crippen molar-refractivity contribution in [2.24, 2.45) is 0 Å². The number of carbonyl (C=O) groups is 2. The Hall–Kier alpha value is -1.82. The number of piperidine rings is 2. The Bertz CT molecular complexity index is 1030. The molecule has 2 amide bonds. The summed E-state index contributed by atoms with van der Waals surface area (Å²) in [7, 11) is 0. The number of halogens is 2. The Labute approximate surface area is 235 Å². The van der Waals surface area contributed by atoms with Gasteiger partial charge in [-0.3, -0.25) is 9.59 Å². The zero-order chi connectivity index (χ0) is 26.5. The average molecular weight is 638 g/mol. The van der Waals surface area contributed by atoms with Gasteiger partial charge in [0.2, 0.25) is 0 Å². The second-order valence-corrected chi connectivity index (χ2v) is 11.8. The van der Waals surface area contributed by atoms with Gasteiger partial charge in [0.15, 0.2) is 12.1 Å². The van der Waals surface area contributed by atoms with Crippen LogP contribution in [0.3, 0.4) is 0 Å². The molecule has 2 saturated heterocycles. The van der Waals surface area contributed by atoms with Gasteiger partial charge in [-0.1, -0.05) is 24.3 Å². The first kappa shape index (κ1) is 28.2. The number of hydroxylamine groups is 6. The van der Waals surface area contributed by atoms with Crippen molar-refractivity contribution < 1.29 is 18.9 Å². The number of para-hydroxylation sites is 2. The second kappa shape index (κ2) is 12.4. The van der Waals surface area contributed by atoms with E-state index in [1.54, 1.807) is 12.1 Å². The predicted octanol–water partition coefficient (Wildman–Crippen LogP) is 5.91. The predicted molar refractivity (Wildman–Crippen MR) is 152 cm³/mol. The smallest absolute Gasteiger partial charge is 0.283 e. The lowest BCUT2D eigenvalue weighted by atomic mass is 9.98. The molecule has 2 aliphatic heterocycles. The minimum Gasteiger partial charge on any atom is -0.632 e. The molecule has 8 nitrogen and oxygen atoms in total. The van der Waals surface area contributed by atoms with Crippen LogP contribution in [-0.2, 0) is 9.59 Å². The van der Waals surface area contributed by atoms with Crippen LogP contribution >= 0.6 is 31.9 Å². The first-order chi connectivity index (χ1) is 17.7. The lowest BCUT2D eigenvalue weighted by molar-refractivity contribution is -0.919. The van der Waals surface area contributed by atoms with E-state index in [4.69, 9.17) is 0 Å². The number of rotatable bonds is 8. The van der Waals surface area contributed by atoms with E-state index in [1.165, 1.54) is 0 Å². The third-order valence-electron chi connectivity index (χ3n) is 7.61. The van der Waals surface area contributed by atoms with Gasteiger partial charge in [0, 0.05) is 28.2 Å². The summed E-state index contributed by atoms with van der Waals surface area (Å²) in [6, 6.07) is 13.2. The third-order valence-corrected chi connectivity index (χ3v) is 8.99. The van der Waals surface area contributed by atoms with Gasteiger partial charge in [-0.2, -0.15) is 0 Å². The number of nitrogens with zero attached hydrogens (tertiary/aromatic N) is 2. The van der Waals surface area contributed by atoms with Crippen molar-refractivity contribution in [2.45, 2.75) is 57.0 Å². The van der Waals surface area contributed by atoms with Gasteiger partial charge >= 0.3 is 0 Å². The Balaban J connectivity index is 1.40. The molecule has 2 aromatic carbocycles. The van der Waals surface area contributed by atoms with E-state index < -0.39 is 21.4 Å². The van der Waals surface area contributed by atoms with E-state index in [0.717, 1.165) is 34.6 Å². The highest BCUT2D eigenvalue weighted by Crippen LogP contribution is 2.31. The summed E-state index contributed by atoms with van der Waals surface area (Å²) < 4.78 is 0.282. The van der Waals surface area contributed by atoms with Crippen molar-refractivity contribution in [2.75, 3.05) is 36.8 Å². The summed E-state index contributed by atoms with van der Waals surface area (Å²) in [5.74, 6) is -0.562. The molecule has 2 fully saturated rings. The molecule has 4 atom stereocenters. The number of carbonyl (C=O) groups excluding carboxylic acids is 2. The minimum absolute atomic E-state index is 0.189. The van der Waals surface area contributed by atoms with Crippen molar-refractivity contribution in [1.82, 2.24) is 0 Å². The molecule has 0 radical (unpaired) electrons. The zero-order valence-corrected chi connectivity index (χ0v) is 24.0. The molecule has 2 aliphatic rings. The van der Waals surface area contributed by atoms with E-state index in [0.29, 0.717) is 43.7 Å². The van der Waals surface area contributed by atoms with Crippen LogP contribution in [0.25, 0.3) is 0 Å². The number of hydrogen-bond acceptors (Lipinski definition) is 4. The fourth-order valence-electron chi connectivity index (χ4n) is 5.60. The van der Waals surface area contributed by atoms with Crippen molar-refractivity contribution >= 4 is 55.0 Å². The topological polar surface area (TPSA) is 104 Å². The standard InChI is InChI=1S/C27H34Br2N4O4/c28-20-10-1-3-12-22(20)30-26(34)24-14-5-7-16-32(24,36)18-9-19-33(37)17-8-6-15-25(33)27(35)31-23-13-4-2-11-21(23)29/h1-4,10-13,24-25H,5-9,14-19H2,(H,30,34)(H,31,35)/t24-,25-,32?,33?/m0/s1. The number of quaternary nitrogens is 2. The summed E-state index contributed by atoms with van der Waals surface area (Å²) in [4.78, 5) is 26.3. The normalized spacial score (nSPS) is 27.9. The van der Waals surface area contributed by atoms with E-state index in [2.05, 4.69) is 42.5 Å². The maximum absolute atomic E-state index is 13.9. The van der Waals surface area contributed by atoms with Crippen LogP contribution in [0.4, 0.5) is 11.4 Å². The largest absolute Gasteiger partial charge is 0.632 e. The van der Waals surface area contributed by atoms with Gasteiger partial charge in [-0.15, -0.1) is 0 Å². The molecule has 2 unspecified atom stereocenters. The molecular weight excluding hydrogens is 604 g/mol. The van der Waals surface area contributed by atoms with Crippen LogP contribution in [0.15, 0.2) is 57.5 Å². The van der Waals surface area contributed by atoms with E-state index in [-0.39, 0.29) is 24.9 Å². The van der Waals surface area contributed by atoms with Gasteiger partial charge in [0.25, 0.3) is 11.8 Å². The fourth-order valence-corrected chi connectivity index (χ4v) is 6.37. The molecular formula is C27H34Br2N4O4. The van der Waals surface area contributed by atoms with Gasteiger partial charge in [-0.25, -0.2) is 0 Å². The van der Waals surface area contributed by atoms with E-state index in [1.807, 2.05) is 36.4 Å². The summed E-state index contributed by atoms with van der Waals surface area (Å²) in [6.07, 6.45) is 4.59. The maximum atomic E-state index is 13.9.